The quantitative estimate of drug-likeness (QED) is 0.152. The molecule has 3 aromatic heterocycles. The summed E-state index contributed by atoms with van der Waals surface area (Å²) >= 11 is 1.86. The molecule has 1 aliphatic rings. The van der Waals surface area contributed by atoms with E-state index in [1.165, 1.54) is 98.6 Å². The first-order valence-electron chi connectivity index (χ1n) is 24.8. The molecule has 12 aromatic rings. The lowest BCUT2D eigenvalue weighted by molar-refractivity contribution is 0.661. The largest absolute Gasteiger partial charge is 0.278 e. The van der Waals surface area contributed by atoms with Gasteiger partial charge in [0.1, 0.15) is 0 Å². The van der Waals surface area contributed by atoms with Crippen molar-refractivity contribution < 1.29 is 0 Å². The van der Waals surface area contributed by atoms with Crippen molar-refractivity contribution >= 4 is 33.1 Å². The molecule has 344 valence electrons. The van der Waals surface area contributed by atoms with Gasteiger partial charge in [-0.2, -0.15) is 9.97 Å². The summed E-state index contributed by atoms with van der Waals surface area (Å²) in [7, 11) is 0. The summed E-state index contributed by atoms with van der Waals surface area (Å²) in [5.74, 6) is 1.88. The molecule has 0 radical (unpaired) electrons. The summed E-state index contributed by atoms with van der Waals surface area (Å²) in [6, 6.07) is 76.5. The van der Waals surface area contributed by atoms with Gasteiger partial charge in [0.25, 0.3) is 0 Å². The maximum Gasteiger partial charge on any atom is 0.238 e. The normalized spacial score (nSPS) is 12.6. The van der Waals surface area contributed by atoms with E-state index < -0.39 is 0 Å². The van der Waals surface area contributed by atoms with E-state index in [0.29, 0.717) is 17.6 Å². The van der Waals surface area contributed by atoms with Gasteiger partial charge in [-0.25, -0.2) is 4.98 Å². The lowest BCUT2D eigenvalue weighted by Crippen LogP contribution is -2.15. The molecule has 0 spiro atoms. The number of hydrogen-bond donors (Lipinski definition) is 0. The number of benzene rings is 9. The Hall–Kier alpha value is -8.51. The second kappa shape index (κ2) is 17.1. The summed E-state index contributed by atoms with van der Waals surface area (Å²) < 4.78 is 2.24. The van der Waals surface area contributed by atoms with Crippen LogP contribution in [0.5, 0.6) is 0 Å². The molecule has 0 N–H and O–H groups in total. The van der Waals surface area contributed by atoms with Crippen LogP contribution >= 0.6 is 11.3 Å². The summed E-state index contributed by atoms with van der Waals surface area (Å²) in [4.78, 5) is 18.0. The Morgan fingerprint density at radius 1 is 0.361 bits per heavy atom. The monoisotopic (exact) mass is 942 g/mol. The van der Waals surface area contributed by atoms with Gasteiger partial charge in [-0.3, -0.25) is 4.57 Å². The van der Waals surface area contributed by atoms with Gasteiger partial charge < -0.3 is 0 Å². The number of rotatable bonds is 8. The predicted octanol–water partition coefficient (Wildman–Crippen LogP) is 17.9. The molecule has 4 nitrogen and oxygen atoms in total. The molecule has 0 bridgehead atoms. The minimum atomic E-state index is -0.269. The molecule has 5 heteroatoms. The van der Waals surface area contributed by atoms with Crippen LogP contribution in [0.3, 0.4) is 0 Å². The van der Waals surface area contributed by atoms with Crippen LogP contribution in [-0.4, -0.2) is 19.5 Å². The topological polar surface area (TPSA) is 43.6 Å². The third-order valence-corrected chi connectivity index (χ3v) is 16.2. The van der Waals surface area contributed by atoms with Crippen molar-refractivity contribution in [3.63, 3.8) is 0 Å². The summed E-state index contributed by atoms with van der Waals surface area (Å²) in [6.07, 6.45) is 0. The van der Waals surface area contributed by atoms with Gasteiger partial charge in [0.05, 0.1) is 11.0 Å². The molecular formula is C67H50N4S. The molecule has 9 aromatic carbocycles. The number of thiophene rings is 1. The average molecular weight is 943 g/mol. The van der Waals surface area contributed by atoms with Gasteiger partial charge >= 0.3 is 0 Å². The van der Waals surface area contributed by atoms with E-state index in [0.717, 1.165) is 27.5 Å². The standard InChI is InChI=1S/C67H50N4S/c1-41-61(44-21-10-6-11-22-44)42(2)63(43(3)62(41)45-23-12-7-13-24-45)50-30-20-29-48(37-50)59-35-36-60(72-59)49-33-34-51-53-39-54-52-31-18-19-32-57(52)71(58(54)40-56(53)67(4,5)55(51)38-49)66-69-64(46-25-14-8-15-26-46)68-65(70-66)47-27-16-9-17-28-47/h6-40H,1-5H3. The highest BCUT2D eigenvalue weighted by molar-refractivity contribution is 7.18. The van der Waals surface area contributed by atoms with Crippen LogP contribution < -0.4 is 0 Å². The average Bonchev–Trinajstić information content (AvgIpc) is 4.11. The third kappa shape index (κ3) is 7.06. The molecular weight excluding hydrogens is 893 g/mol. The SMILES string of the molecule is Cc1c(-c2ccccc2)c(C)c(-c2cccc(-c3ccc(-c4ccc5c(c4)C(C)(C)c4cc6c(cc4-5)c4ccccc4n6-c4nc(-c5ccccc5)nc(-c5ccccc5)n4)s3)c2)c(C)c1-c1ccccc1. The molecule has 0 amide bonds. The fourth-order valence-electron chi connectivity index (χ4n) is 11.7. The molecule has 0 fully saturated rings. The first-order chi connectivity index (χ1) is 35.2. The zero-order chi connectivity index (χ0) is 48.7. The Balaban J connectivity index is 0.888. The molecule has 0 aliphatic heterocycles. The summed E-state index contributed by atoms with van der Waals surface area (Å²) in [5.41, 5.74) is 23.0. The van der Waals surface area contributed by atoms with E-state index in [-0.39, 0.29) is 5.41 Å². The molecule has 0 saturated heterocycles. The van der Waals surface area contributed by atoms with Crippen LogP contribution in [0.1, 0.15) is 41.7 Å². The van der Waals surface area contributed by atoms with Gasteiger partial charge in [-0.05, 0) is 147 Å². The van der Waals surface area contributed by atoms with Crippen molar-refractivity contribution in [1.82, 2.24) is 19.5 Å². The van der Waals surface area contributed by atoms with Gasteiger partial charge in [0, 0.05) is 37.1 Å². The molecule has 0 atom stereocenters. The fourth-order valence-corrected chi connectivity index (χ4v) is 12.7. The minimum absolute atomic E-state index is 0.269. The van der Waals surface area contributed by atoms with Gasteiger partial charge in [0.2, 0.25) is 5.95 Å². The number of fused-ring (bicyclic) bond motifs is 6. The van der Waals surface area contributed by atoms with Crippen molar-refractivity contribution in [3.8, 4) is 94.1 Å². The molecule has 1 aliphatic carbocycles. The Morgan fingerprint density at radius 2 is 0.833 bits per heavy atom. The van der Waals surface area contributed by atoms with E-state index in [1.54, 1.807) is 0 Å². The van der Waals surface area contributed by atoms with Gasteiger partial charge in [-0.15, -0.1) is 11.3 Å². The van der Waals surface area contributed by atoms with Gasteiger partial charge in [0.15, 0.2) is 11.6 Å². The zero-order valence-electron chi connectivity index (χ0n) is 40.9. The number of nitrogens with zero attached hydrogens (tertiary/aromatic N) is 4. The highest BCUT2D eigenvalue weighted by Gasteiger charge is 2.37. The Bertz CT molecular complexity index is 3950. The first-order valence-corrected chi connectivity index (χ1v) is 25.6. The van der Waals surface area contributed by atoms with E-state index in [4.69, 9.17) is 15.0 Å². The number of aromatic nitrogens is 4. The maximum absolute atomic E-state index is 5.21. The fraction of sp³-hybridized carbons (Fsp3) is 0.0896. The lowest BCUT2D eigenvalue weighted by Gasteiger charge is -2.23. The van der Waals surface area contributed by atoms with Crippen molar-refractivity contribution in [2.24, 2.45) is 0 Å². The Labute approximate surface area is 424 Å². The summed E-state index contributed by atoms with van der Waals surface area (Å²) in [5, 5.41) is 2.34. The molecule has 3 heterocycles. The lowest BCUT2D eigenvalue weighted by atomic mass is 9.80. The van der Waals surface area contributed by atoms with E-state index >= 15 is 0 Å². The van der Waals surface area contributed by atoms with Gasteiger partial charge in [-0.1, -0.05) is 184 Å². The highest BCUT2D eigenvalue weighted by atomic mass is 32.1. The second-order valence-corrected chi connectivity index (χ2v) is 20.7. The van der Waals surface area contributed by atoms with E-state index in [1.807, 2.05) is 47.7 Å². The van der Waals surface area contributed by atoms with Crippen molar-refractivity contribution in [1.29, 1.82) is 0 Å². The van der Waals surface area contributed by atoms with Crippen LogP contribution in [-0.2, 0) is 5.41 Å². The minimum Gasteiger partial charge on any atom is -0.278 e. The van der Waals surface area contributed by atoms with Crippen LogP contribution in [0.4, 0.5) is 0 Å². The maximum atomic E-state index is 5.21. The summed E-state index contributed by atoms with van der Waals surface area (Å²) in [6.45, 7) is 11.6. The van der Waals surface area contributed by atoms with Crippen molar-refractivity contribution in [2.45, 2.75) is 40.0 Å². The zero-order valence-corrected chi connectivity index (χ0v) is 41.7. The van der Waals surface area contributed by atoms with Crippen molar-refractivity contribution in [3.05, 3.63) is 240 Å². The van der Waals surface area contributed by atoms with Crippen LogP contribution in [0, 0.1) is 20.8 Å². The first kappa shape index (κ1) is 43.5. The molecule has 0 saturated carbocycles. The van der Waals surface area contributed by atoms with Crippen LogP contribution in [0.15, 0.2) is 212 Å². The van der Waals surface area contributed by atoms with E-state index in [2.05, 4.69) is 215 Å². The molecule has 72 heavy (non-hydrogen) atoms. The van der Waals surface area contributed by atoms with Crippen LogP contribution in [0.25, 0.3) is 116 Å². The molecule has 0 unspecified atom stereocenters. The second-order valence-electron chi connectivity index (χ2n) is 19.6. The number of para-hydroxylation sites is 1. The van der Waals surface area contributed by atoms with Crippen molar-refractivity contribution in [2.75, 3.05) is 0 Å². The van der Waals surface area contributed by atoms with E-state index in [9.17, 15) is 0 Å². The smallest absolute Gasteiger partial charge is 0.238 e. The Morgan fingerprint density at radius 3 is 1.42 bits per heavy atom. The Kier molecular flexibility index (Phi) is 10.3. The highest BCUT2D eigenvalue weighted by Crippen LogP contribution is 2.53. The third-order valence-electron chi connectivity index (χ3n) is 15.1. The number of hydrogen-bond acceptors (Lipinski definition) is 4. The predicted molar refractivity (Wildman–Crippen MR) is 302 cm³/mol. The van der Waals surface area contributed by atoms with Crippen LogP contribution in [0.2, 0.25) is 0 Å². The molecule has 13 rings (SSSR count).